The predicted molar refractivity (Wildman–Crippen MR) is 119 cm³/mol. The summed E-state index contributed by atoms with van der Waals surface area (Å²) in [6, 6.07) is 9.66. The van der Waals surface area contributed by atoms with Crippen LogP contribution in [-0.2, 0) is 19.9 Å². The van der Waals surface area contributed by atoms with Gasteiger partial charge in [0.25, 0.3) is 0 Å². The van der Waals surface area contributed by atoms with Crippen molar-refractivity contribution in [1.82, 2.24) is 9.88 Å². The number of hydrogen-bond donors (Lipinski definition) is 0. The minimum Gasteiger partial charge on any atom is -0.378 e. The van der Waals surface area contributed by atoms with Gasteiger partial charge in [0.05, 0.1) is 18.2 Å². The summed E-state index contributed by atoms with van der Waals surface area (Å²) >= 11 is 0. The zero-order chi connectivity index (χ0) is 23.9. The summed E-state index contributed by atoms with van der Waals surface area (Å²) in [6.45, 7) is 3.73. The van der Waals surface area contributed by atoms with Crippen LogP contribution in [0, 0.1) is 28.9 Å². The maximum absolute atomic E-state index is 13.9. The monoisotopic (exact) mass is 468 g/mol. The number of aromatic nitrogens is 1. The molecule has 9 heteroatoms. The second kappa shape index (κ2) is 8.93. The average molecular weight is 469 g/mol. The fourth-order valence-electron chi connectivity index (χ4n) is 5.44. The molecule has 4 heterocycles. The molecule has 1 amide bonds. The highest BCUT2D eigenvalue weighted by Crippen LogP contribution is 2.38. The molecule has 1 aromatic carbocycles. The maximum Gasteiger partial charge on any atom is 0.248 e. The number of amides is 1. The predicted octanol–water partition coefficient (Wildman–Crippen LogP) is 2.99. The number of carbonyl (C=O) groups is 1. The van der Waals surface area contributed by atoms with Gasteiger partial charge in [0, 0.05) is 38.4 Å². The topological polar surface area (TPSA) is 78.7 Å². The molecule has 34 heavy (non-hydrogen) atoms. The summed E-state index contributed by atoms with van der Waals surface area (Å²) in [6.07, 6.45) is 2.99. The Kier molecular flexibility index (Phi) is 5.96. The number of pyridine rings is 1. The van der Waals surface area contributed by atoms with Gasteiger partial charge in [-0.3, -0.25) is 4.79 Å². The number of nitrogens with zero attached hydrogens (tertiary/aromatic N) is 4. The van der Waals surface area contributed by atoms with Crippen molar-refractivity contribution in [2.45, 2.75) is 37.5 Å². The average Bonchev–Trinajstić information content (AvgIpc) is 3.40. The normalized spacial score (nSPS) is 28.2. The van der Waals surface area contributed by atoms with E-state index in [9.17, 15) is 13.6 Å². The van der Waals surface area contributed by atoms with Gasteiger partial charge in [0.15, 0.2) is 11.6 Å². The van der Waals surface area contributed by atoms with Crippen LogP contribution in [0.3, 0.4) is 0 Å². The van der Waals surface area contributed by atoms with E-state index in [4.69, 9.17) is 14.7 Å². The first-order chi connectivity index (χ1) is 16.4. The molecule has 0 aliphatic carbocycles. The van der Waals surface area contributed by atoms with Gasteiger partial charge < -0.3 is 19.3 Å². The number of anilines is 1. The molecule has 3 unspecified atom stereocenters. The van der Waals surface area contributed by atoms with Crippen LogP contribution in [-0.4, -0.2) is 60.8 Å². The molecular weight excluding hydrogens is 442 g/mol. The summed E-state index contributed by atoms with van der Waals surface area (Å²) in [5, 5.41) is 9.04. The number of carbonyl (C=O) groups excluding carboxylic acids is 1. The fraction of sp³-hybridized carbons (Fsp3) is 0.480. The Balaban J connectivity index is 1.27. The summed E-state index contributed by atoms with van der Waals surface area (Å²) < 4.78 is 38.9. The van der Waals surface area contributed by atoms with E-state index < -0.39 is 17.2 Å². The van der Waals surface area contributed by atoms with Crippen LogP contribution in [0.5, 0.6) is 0 Å². The number of fused-ring (bicyclic) bond motifs is 2. The molecule has 7 nitrogen and oxygen atoms in total. The first kappa shape index (κ1) is 22.7. The lowest BCUT2D eigenvalue weighted by molar-refractivity contribution is -0.145. The third kappa shape index (κ3) is 4.01. The number of hydrogen-bond acceptors (Lipinski definition) is 6. The SMILES string of the molecule is C[C@@H]1CC2CN(C(=O)COC3(c4ccc(F)c(F)c4)CCOC3)CC1N2c1ccc(C#N)cn1. The summed E-state index contributed by atoms with van der Waals surface area (Å²) in [4.78, 5) is 21.7. The lowest BCUT2D eigenvalue weighted by Crippen LogP contribution is -2.57. The van der Waals surface area contributed by atoms with Crippen LogP contribution in [0.2, 0.25) is 0 Å². The van der Waals surface area contributed by atoms with Gasteiger partial charge >= 0.3 is 0 Å². The Bertz CT molecular complexity index is 1110. The Morgan fingerprint density at radius 3 is 2.79 bits per heavy atom. The molecule has 0 spiro atoms. The second-order valence-corrected chi connectivity index (χ2v) is 9.37. The molecule has 0 radical (unpaired) electrons. The number of ether oxygens (including phenoxy) is 2. The minimum atomic E-state index is -0.968. The van der Waals surface area contributed by atoms with Crippen molar-refractivity contribution in [3.05, 3.63) is 59.3 Å². The Labute approximate surface area is 196 Å². The lowest BCUT2D eigenvalue weighted by Gasteiger charge is -2.42. The highest BCUT2D eigenvalue weighted by Gasteiger charge is 2.46. The van der Waals surface area contributed by atoms with E-state index in [1.165, 1.54) is 6.07 Å². The van der Waals surface area contributed by atoms with Gasteiger partial charge in [-0.05, 0) is 42.2 Å². The Hall–Kier alpha value is -3.09. The molecule has 1 aromatic heterocycles. The molecule has 0 saturated carbocycles. The van der Waals surface area contributed by atoms with Crippen LogP contribution in [0.15, 0.2) is 36.5 Å². The van der Waals surface area contributed by atoms with Gasteiger partial charge in [-0.2, -0.15) is 5.26 Å². The highest BCUT2D eigenvalue weighted by molar-refractivity contribution is 5.78. The molecule has 178 valence electrons. The number of rotatable bonds is 5. The third-order valence-electron chi connectivity index (χ3n) is 7.29. The van der Waals surface area contributed by atoms with Crippen LogP contribution >= 0.6 is 0 Å². The zero-order valence-corrected chi connectivity index (χ0v) is 18.9. The van der Waals surface area contributed by atoms with Crippen molar-refractivity contribution in [3.8, 4) is 6.07 Å². The Morgan fingerprint density at radius 1 is 1.29 bits per heavy atom. The van der Waals surface area contributed by atoms with E-state index in [1.807, 2.05) is 11.0 Å². The quantitative estimate of drug-likeness (QED) is 0.672. The summed E-state index contributed by atoms with van der Waals surface area (Å²) in [5.41, 5.74) is 0.0214. The summed E-state index contributed by atoms with van der Waals surface area (Å²) in [5.74, 6) is -0.796. The van der Waals surface area contributed by atoms with Crippen molar-refractivity contribution in [1.29, 1.82) is 5.26 Å². The van der Waals surface area contributed by atoms with E-state index in [0.29, 0.717) is 43.2 Å². The smallest absolute Gasteiger partial charge is 0.248 e. The minimum absolute atomic E-state index is 0.123. The number of halogens is 2. The van der Waals surface area contributed by atoms with Crippen LogP contribution < -0.4 is 4.90 Å². The lowest BCUT2D eigenvalue weighted by atomic mass is 9.92. The fourth-order valence-corrected chi connectivity index (χ4v) is 5.44. The standard InChI is InChI=1S/C25H26F2N4O3/c1-16-8-19-12-30(13-22(16)31(19)23-5-2-17(10-28)11-29-23)24(32)14-34-25(6-7-33-15-25)18-3-4-20(26)21(27)9-18/h2-5,9,11,16,19,22H,6-8,12-15H2,1H3/t16-,19?,22?,25?/m1/s1. The van der Waals surface area contributed by atoms with Crippen molar-refractivity contribution < 1.29 is 23.0 Å². The van der Waals surface area contributed by atoms with Crippen LogP contribution in [0.25, 0.3) is 0 Å². The van der Waals surface area contributed by atoms with E-state index in [0.717, 1.165) is 24.4 Å². The molecule has 3 saturated heterocycles. The van der Waals surface area contributed by atoms with E-state index in [-0.39, 0.29) is 31.2 Å². The first-order valence-corrected chi connectivity index (χ1v) is 11.5. The molecular formula is C25H26F2N4O3. The van der Waals surface area contributed by atoms with E-state index in [1.54, 1.807) is 12.3 Å². The molecule has 4 atom stereocenters. The van der Waals surface area contributed by atoms with Crippen molar-refractivity contribution in [3.63, 3.8) is 0 Å². The molecule has 3 aliphatic heterocycles. The second-order valence-electron chi connectivity index (χ2n) is 9.37. The Morgan fingerprint density at radius 2 is 2.15 bits per heavy atom. The van der Waals surface area contributed by atoms with Gasteiger partial charge in [-0.25, -0.2) is 13.8 Å². The number of nitriles is 1. The van der Waals surface area contributed by atoms with Gasteiger partial charge in [0.2, 0.25) is 5.91 Å². The van der Waals surface area contributed by atoms with E-state index in [2.05, 4.69) is 22.9 Å². The van der Waals surface area contributed by atoms with Crippen LogP contribution in [0.4, 0.5) is 14.6 Å². The van der Waals surface area contributed by atoms with Gasteiger partial charge in [0.1, 0.15) is 24.1 Å². The van der Waals surface area contributed by atoms with Gasteiger partial charge in [-0.15, -0.1) is 0 Å². The molecule has 5 rings (SSSR count). The molecule has 2 bridgehead atoms. The third-order valence-corrected chi connectivity index (χ3v) is 7.29. The van der Waals surface area contributed by atoms with E-state index >= 15 is 0 Å². The first-order valence-electron chi connectivity index (χ1n) is 11.5. The molecule has 0 N–H and O–H groups in total. The largest absolute Gasteiger partial charge is 0.378 e. The number of likely N-dealkylation sites (tertiary alicyclic amines) is 1. The number of piperazine rings is 1. The zero-order valence-electron chi connectivity index (χ0n) is 18.9. The van der Waals surface area contributed by atoms with Crippen molar-refractivity contribution in [2.24, 2.45) is 5.92 Å². The highest BCUT2D eigenvalue weighted by atomic mass is 19.2. The number of benzene rings is 1. The molecule has 2 aromatic rings. The summed E-state index contributed by atoms with van der Waals surface area (Å²) in [7, 11) is 0. The molecule has 3 aliphatic rings. The van der Waals surface area contributed by atoms with Crippen molar-refractivity contribution >= 4 is 11.7 Å². The van der Waals surface area contributed by atoms with Crippen LogP contribution in [0.1, 0.15) is 30.9 Å². The van der Waals surface area contributed by atoms with Crippen molar-refractivity contribution in [2.75, 3.05) is 37.8 Å². The van der Waals surface area contributed by atoms with Gasteiger partial charge in [-0.1, -0.05) is 13.0 Å². The maximum atomic E-state index is 13.9. The molecule has 3 fully saturated rings.